The topological polar surface area (TPSA) is 12.9 Å². The lowest BCUT2D eigenvalue weighted by atomic mass is 9.92. The van der Waals surface area contributed by atoms with Crippen LogP contribution in [-0.4, -0.2) is 4.98 Å². The van der Waals surface area contributed by atoms with Crippen molar-refractivity contribution in [1.29, 1.82) is 0 Å². The summed E-state index contributed by atoms with van der Waals surface area (Å²) in [5.41, 5.74) is 5.60. The monoisotopic (exact) mass is 255 g/mol. The molecule has 0 radical (unpaired) electrons. The van der Waals surface area contributed by atoms with Crippen molar-refractivity contribution in [2.24, 2.45) is 0 Å². The number of para-hydroxylation sites is 1. The first-order chi connectivity index (χ1) is 9.31. The number of pyridine rings is 1. The van der Waals surface area contributed by atoms with Gasteiger partial charge in [-0.1, -0.05) is 58.2 Å². The van der Waals surface area contributed by atoms with Crippen LogP contribution in [0.4, 0.5) is 0 Å². The average molecular weight is 255 g/mol. The van der Waals surface area contributed by atoms with Gasteiger partial charge >= 0.3 is 0 Å². The highest BCUT2D eigenvalue weighted by atomic mass is 14.7. The Morgan fingerprint density at radius 2 is 1.42 bits per heavy atom. The van der Waals surface area contributed by atoms with Gasteiger partial charge < -0.3 is 0 Å². The van der Waals surface area contributed by atoms with Crippen LogP contribution >= 0.6 is 0 Å². The SMILES string of the molecule is CCCc1nc2ccccc2c(CCC)c1CCC. The van der Waals surface area contributed by atoms with Gasteiger partial charge in [-0.15, -0.1) is 0 Å². The normalized spacial score (nSPS) is 11.1. The van der Waals surface area contributed by atoms with Crippen molar-refractivity contribution in [2.45, 2.75) is 59.3 Å². The Morgan fingerprint density at radius 3 is 2.11 bits per heavy atom. The molecule has 0 unspecified atom stereocenters. The Balaban J connectivity index is 2.67. The van der Waals surface area contributed by atoms with E-state index < -0.39 is 0 Å². The summed E-state index contributed by atoms with van der Waals surface area (Å²) in [5.74, 6) is 0. The van der Waals surface area contributed by atoms with Gasteiger partial charge in [0, 0.05) is 11.1 Å². The number of fused-ring (bicyclic) bond motifs is 1. The highest BCUT2D eigenvalue weighted by Gasteiger charge is 2.13. The Kier molecular flexibility index (Phi) is 4.95. The third-order valence-corrected chi connectivity index (χ3v) is 3.68. The van der Waals surface area contributed by atoms with Crippen LogP contribution in [0.1, 0.15) is 56.9 Å². The highest BCUT2D eigenvalue weighted by molar-refractivity contribution is 5.83. The Labute approximate surface area is 117 Å². The molecule has 0 fully saturated rings. The van der Waals surface area contributed by atoms with Crippen LogP contribution in [0.3, 0.4) is 0 Å². The maximum atomic E-state index is 4.93. The Morgan fingerprint density at radius 1 is 0.789 bits per heavy atom. The molecule has 1 nitrogen and oxygen atoms in total. The van der Waals surface area contributed by atoms with E-state index >= 15 is 0 Å². The summed E-state index contributed by atoms with van der Waals surface area (Å²) in [6, 6.07) is 8.63. The van der Waals surface area contributed by atoms with Gasteiger partial charge in [0.25, 0.3) is 0 Å². The predicted octanol–water partition coefficient (Wildman–Crippen LogP) is 5.09. The zero-order chi connectivity index (χ0) is 13.7. The van der Waals surface area contributed by atoms with Crippen molar-refractivity contribution < 1.29 is 0 Å². The quantitative estimate of drug-likeness (QED) is 0.700. The molecule has 0 aliphatic heterocycles. The van der Waals surface area contributed by atoms with Crippen LogP contribution in [0.25, 0.3) is 10.9 Å². The highest BCUT2D eigenvalue weighted by Crippen LogP contribution is 2.26. The van der Waals surface area contributed by atoms with Gasteiger partial charge in [0.15, 0.2) is 0 Å². The van der Waals surface area contributed by atoms with E-state index in [1.807, 2.05) is 0 Å². The summed E-state index contributed by atoms with van der Waals surface area (Å²) >= 11 is 0. The van der Waals surface area contributed by atoms with Crippen molar-refractivity contribution in [2.75, 3.05) is 0 Å². The first-order valence-electron chi connectivity index (χ1n) is 7.71. The minimum Gasteiger partial charge on any atom is -0.253 e. The van der Waals surface area contributed by atoms with Crippen molar-refractivity contribution >= 4 is 10.9 Å². The maximum absolute atomic E-state index is 4.93. The summed E-state index contributed by atoms with van der Waals surface area (Å²) in [5, 5.41) is 1.37. The molecule has 102 valence electrons. The fourth-order valence-corrected chi connectivity index (χ4v) is 2.90. The number of benzene rings is 1. The van der Waals surface area contributed by atoms with Crippen LogP contribution in [0.5, 0.6) is 0 Å². The number of rotatable bonds is 6. The third-order valence-electron chi connectivity index (χ3n) is 3.68. The van der Waals surface area contributed by atoms with E-state index in [1.165, 1.54) is 54.3 Å². The fraction of sp³-hybridized carbons (Fsp3) is 0.500. The second-order valence-electron chi connectivity index (χ2n) is 5.28. The summed E-state index contributed by atoms with van der Waals surface area (Å²) in [7, 11) is 0. The Bertz CT molecular complexity index is 543. The molecule has 19 heavy (non-hydrogen) atoms. The van der Waals surface area contributed by atoms with E-state index in [2.05, 4.69) is 45.0 Å². The molecule has 2 rings (SSSR count). The lowest BCUT2D eigenvalue weighted by molar-refractivity contribution is 0.809. The molecule has 1 aromatic carbocycles. The van der Waals surface area contributed by atoms with Crippen LogP contribution < -0.4 is 0 Å². The smallest absolute Gasteiger partial charge is 0.0708 e. The Hall–Kier alpha value is -1.37. The van der Waals surface area contributed by atoms with Crippen molar-refractivity contribution in [3.63, 3.8) is 0 Å². The molecule has 2 aromatic rings. The van der Waals surface area contributed by atoms with Crippen LogP contribution in [0.15, 0.2) is 24.3 Å². The first-order valence-corrected chi connectivity index (χ1v) is 7.71. The van der Waals surface area contributed by atoms with Gasteiger partial charge in [0.1, 0.15) is 0 Å². The van der Waals surface area contributed by atoms with Crippen LogP contribution in [0.2, 0.25) is 0 Å². The van der Waals surface area contributed by atoms with E-state index in [1.54, 1.807) is 5.56 Å². The van der Waals surface area contributed by atoms with Gasteiger partial charge in [-0.2, -0.15) is 0 Å². The van der Waals surface area contributed by atoms with E-state index in [0.29, 0.717) is 0 Å². The average Bonchev–Trinajstić information content (AvgIpc) is 2.43. The molecule has 0 amide bonds. The number of nitrogens with zero attached hydrogens (tertiary/aromatic N) is 1. The maximum Gasteiger partial charge on any atom is 0.0708 e. The largest absolute Gasteiger partial charge is 0.253 e. The summed E-state index contributed by atoms with van der Waals surface area (Å²) < 4.78 is 0. The lowest BCUT2D eigenvalue weighted by Gasteiger charge is -2.16. The molecule has 0 aliphatic carbocycles. The molecule has 1 heterocycles. The fourth-order valence-electron chi connectivity index (χ4n) is 2.90. The van der Waals surface area contributed by atoms with E-state index in [4.69, 9.17) is 4.98 Å². The van der Waals surface area contributed by atoms with Crippen molar-refractivity contribution in [3.8, 4) is 0 Å². The molecule has 0 spiro atoms. The van der Waals surface area contributed by atoms with Gasteiger partial charge in [-0.3, -0.25) is 4.98 Å². The molecule has 0 N–H and O–H groups in total. The van der Waals surface area contributed by atoms with E-state index in [-0.39, 0.29) is 0 Å². The van der Waals surface area contributed by atoms with Crippen LogP contribution in [-0.2, 0) is 19.3 Å². The first kappa shape index (κ1) is 14.0. The van der Waals surface area contributed by atoms with Crippen molar-refractivity contribution in [1.82, 2.24) is 4.98 Å². The molecule has 0 aliphatic rings. The summed E-state index contributed by atoms with van der Waals surface area (Å²) in [6.45, 7) is 6.77. The summed E-state index contributed by atoms with van der Waals surface area (Å²) in [6.07, 6.45) is 7.03. The predicted molar refractivity (Wildman–Crippen MR) is 83.7 cm³/mol. The van der Waals surface area contributed by atoms with Gasteiger partial charge in [-0.05, 0) is 36.5 Å². The van der Waals surface area contributed by atoms with Gasteiger partial charge in [-0.25, -0.2) is 0 Å². The van der Waals surface area contributed by atoms with Crippen molar-refractivity contribution in [3.05, 3.63) is 41.1 Å². The van der Waals surface area contributed by atoms with Gasteiger partial charge in [0.05, 0.1) is 5.52 Å². The second-order valence-corrected chi connectivity index (χ2v) is 5.28. The molecule has 1 heteroatoms. The minimum absolute atomic E-state index is 1.11. The number of hydrogen-bond acceptors (Lipinski definition) is 1. The molecular weight excluding hydrogens is 230 g/mol. The molecule has 0 saturated carbocycles. The standard InChI is InChI=1S/C18H25N/c1-4-9-14-15(10-5-2)17(11-6-3)19-18-13-8-7-12-16(14)18/h7-8,12-13H,4-6,9-11H2,1-3H3. The van der Waals surface area contributed by atoms with E-state index in [0.717, 1.165) is 6.42 Å². The second kappa shape index (κ2) is 6.70. The number of hydrogen-bond donors (Lipinski definition) is 0. The minimum atomic E-state index is 1.11. The zero-order valence-corrected chi connectivity index (χ0v) is 12.5. The molecular formula is C18H25N. The molecule has 0 bridgehead atoms. The van der Waals surface area contributed by atoms with E-state index in [9.17, 15) is 0 Å². The molecule has 0 atom stereocenters. The van der Waals surface area contributed by atoms with Gasteiger partial charge in [0.2, 0.25) is 0 Å². The summed E-state index contributed by atoms with van der Waals surface area (Å²) in [4.78, 5) is 4.93. The zero-order valence-electron chi connectivity index (χ0n) is 12.5. The van der Waals surface area contributed by atoms with Crippen LogP contribution in [0, 0.1) is 0 Å². The molecule has 1 aromatic heterocycles. The number of aryl methyl sites for hydroxylation is 2. The molecule has 0 saturated heterocycles. The number of aromatic nitrogens is 1. The lowest BCUT2D eigenvalue weighted by Crippen LogP contribution is -2.05. The third kappa shape index (κ3) is 2.97.